The minimum atomic E-state index is -4.59. The van der Waals surface area contributed by atoms with Gasteiger partial charge in [-0.05, 0) is 32.6 Å². The summed E-state index contributed by atoms with van der Waals surface area (Å²) in [4.78, 5) is 6.40. The van der Waals surface area contributed by atoms with Gasteiger partial charge in [-0.25, -0.2) is 15.1 Å². The quantitative estimate of drug-likeness (QED) is 0.809. The second kappa shape index (κ2) is 6.80. The number of rotatable bonds is 6. The monoisotopic (exact) mass is 329 g/mol. The van der Waals surface area contributed by atoms with E-state index in [1.807, 2.05) is 13.8 Å². The molecule has 0 radical (unpaired) electrons. The van der Waals surface area contributed by atoms with Gasteiger partial charge in [0.15, 0.2) is 5.75 Å². The molecule has 10 heteroatoms. The molecule has 0 spiro atoms. The lowest BCUT2D eigenvalue weighted by Crippen LogP contribution is -2.23. The van der Waals surface area contributed by atoms with E-state index in [-0.39, 0.29) is 11.8 Å². The van der Waals surface area contributed by atoms with Gasteiger partial charge in [0, 0.05) is 6.04 Å². The van der Waals surface area contributed by atoms with Crippen molar-refractivity contribution in [2.24, 2.45) is 0 Å². The van der Waals surface area contributed by atoms with Crippen LogP contribution in [0.15, 0.2) is 12.4 Å². The molecule has 0 aliphatic heterocycles. The lowest BCUT2D eigenvalue weighted by molar-refractivity contribution is -0.145. The van der Waals surface area contributed by atoms with Crippen molar-refractivity contribution in [1.82, 2.24) is 15.1 Å². The lowest BCUT2D eigenvalue weighted by Gasteiger charge is -2.24. The van der Waals surface area contributed by atoms with Crippen LogP contribution in [0.1, 0.15) is 26.6 Å². The molecule has 0 aliphatic rings. The van der Waals surface area contributed by atoms with E-state index in [0.29, 0.717) is 6.61 Å². The molecule has 114 valence electrons. The molecule has 1 heterocycles. The van der Waals surface area contributed by atoms with E-state index in [2.05, 4.69) is 15.1 Å². The molecule has 1 aromatic heterocycles. The Morgan fingerprint density at radius 1 is 1.35 bits per heavy atom. The Bertz CT molecular complexity index is 482. The standard InChI is InChI=1S/C10H15F3N3O2PS/c1-4-17-19(20,16-7(2)3)18-8-5-14-9(15-6-8)10(11,12)13/h5-7H,4H2,1-3H3,(H,16,20). The average Bonchev–Trinajstić information content (AvgIpc) is 2.27. The summed E-state index contributed by atoms with van der Waals surface area (Å²) in [7, 11) is 0. The summed E-state index contributed by atoms with van der Waals surface area (Å²) in [5.74, 6) is -1.20. The van der Waals surface area contributed by atoms with E-state index in [0.717, 1.165) is 12.4 Å². The van der Waals surface area contributed by atoms with Crippen LogP contribution in [0, 0.1) is 0 Å². The molecule has 5 nitrogen and oxygen atoms in total. The van der Waals surface area contributed by atoms with E-state index in [1.54, 1.807) is 6.92 Å². The van der Waals surface area contributed by atoms with E-state index in [9.17, 15) is 13.2 Å². The van der Waals surface area contributed by atoms with Crippen LogP contribution >= 0.6 is 6.64 Å². The molecular formula is C10H15F3N3O2PS. The van der Waals surface area contributed by atoms with Crippen molar-refractivity contribution in [1.29, 1.82) is 0 Å². The molecule has 0 saturated carbocycles. The third-order valence-electron chi connectivity index (χ3n) is 1.82. The second-order valence-corrected chi connectivity index (χ2v) is 7.17. The Labute approximate surface area is 120 Å². The predicted octanol–water partition coefficient (Wildman–Crippen LogP) is 3.13. The average molecular weight is 329 g/mol. The normalized spacial score (nSPS) is 15.2. The molecule has 0 amide bonds. The SMILES string of the molecule is CCOP(=S)(NC(C)C)Oc1cnc(C(F)(F)F)nc1. The molecule has 0 bridgehead atoms. The predicted molar refractivity (Wildman–Crippen MR) is 71.8 cm³/mol. The highest BCUT2D eigenvalue weighted by Crippen LogP contribution is 2.44. The zero-order valence-corrected chi connectivity index (χ0v) is 12.9. The molecular weight excluding hydrogens is 314 g/mol. The number of aromatic nitrogens is 2. The van der Waals surface area contributed by atoms with Gasteiger partial charge in [0.25, 0.3) is 0 Å². The Morgan fingerprint density at radius 2 is 1.90 bits per heavy atom. The second-order valence-electron chi connectivity index (χ2n) is 4.03. The van der Waals surface area contributed by atoms with Crippen LogP contribution in [-0.2, 0) is 22.5 Å². The first-order valence-corrected chi connectivity index (χ1v) is 8.41. The number of alkyl halides is 3. The van der Waals surface area contributed by atoms with Crippen LogP contribution in [0.3, 0.4) is 0 Å². The minimum Gasteiger partial charge on any atom is -0.429 e. The first-order chi connectivity index (χ1) is 9.16. The number of hydrogen-bond acceptors (Lipinski definition) is 5. The molecule has 0 saturated heterocycles. The van der Waals surface area contributed by atoms with Crippen molar-refractivity contribution in [3.05, 3.63) is 18.2 Å². The molecule has 0 aromatic carbocycles. The van der Waals surface area contributed by atoms with Gasteiger partial charge < -0.3 is 9.05 Å². The van der Waals surface area contributed by atoms with Crippen LogP contribution in [0.5, 0.6) is 5.75 Å². The largest absolute Gasteiger partial charge is 0.451 e. The maximum absolute atomic E-state index is 12.3. The third kappa shape index (κ3) is 5.32. The summed E-state index contributed by atoms with van der Waals surface area (Å²) in [5.41, 5.74) is 0. The zero-order chi connectivity index (χ0) is 15.4. The molecule has 1 unspecified atom stereocenters. The van der Waals surface area contributed by atoms with E-state index >= 15 is 0 Å². The topological polar surface area (TPSA) is 56.3 Å². The van der Waals surface area contributed by atoms with Gasteiger partial charge in [0.2, 0.25) is 5.82 Å². The molecule has 1 atom stereocenters. The van der Waals surface area contributed by atoms with E-state index < -0.39 is 18.6 Å². The van der Waals surface area contributed by atoms with Crippen molar-refractivity contribution >= 4 is 18.4 Å². The Kier molecular flexibility index (Phi) is 5.88. The number of nitrogens with one attached hydrogen (secondary N) is 1. The Hall–Kier alpha value is -0.760. The summed E-state index contributed by atoms with van der Waals surface area (Å²) >= 11 is 5.24. The van der Waals surface area contributed by atoms with Crippen LogP contribution in [-0.4, -0.2) is 22.6 Å². The molecule has 1 rings (SSSR count). The summed E-state index contributed by atoms with van der Waals surface area (Å²) in [6.45, 7) is 2.94. The fraction of sp³-hybridized carbons (Fsp3) is 0.600. The number of halogens is 3. The van der Waals surface area contributed by atoms with Crippen LogP contribution in [0.2, 0.25) is 0 Å². The molecule has 20 heavy (non-hydrogen) atoms. The minimum absolute atomic E-state index is 0.00255. The van der Waals surface area contributed by atoms with E-state index in [1.165, 1.54) is 0 Å². The fourth-order valence-corrected chi connectivity index (χ4v) is 3.96. The highest BCUT2D eigenvalue weighted by molar-refractivity contribution is 8.09. The van der Waals surface area contributed by atoms with Crippen LogP contribution in [0.25, 0.3) is 0 Å². The van der Waals surface area contributed by atoms with Gasteiger partial charge in [-0.15, -0.1) is 0 Å². The highest BCUT2D eigenvalue weighted by Gasteiger charge is 2.34. The smallest absolute Gasteiger partial charge is 0.429 e. The van der Waals surface area contributed by atoms with Crippen LogP contribution < -0.4 is 9.61 Å². The van der Waals surface area contributed by atoms with Gasteiger partial charge in [0.1, 0.15) is 0 Å². The molecule has 0 fully saturated rings. The zero-order valence-electron chi connectivity index (χ0n) is 11.1. The van der Waals surface area contributed by atoms with Crippen molar-refractivity contribution in [2.45, 2.75) is 33.0 Å². The molecule has 1 N–H and O–H groups in total. The van der Waals surface area contributed by atoms with Crippen molar-refractivity contribution < 1.29 is 22.2 Å². The van der Waals surface area contributed by atoms with Gasteiger partial charge in [-0.3, -0.25) is 0 Å². The summed E-state index contributed by atoms with van der Waals surface area (Å²) in [6, 6.07) is 0.00255. The first-order valence-electron chi connectivity index (χ1n) is 5.77. The van der Waals surface area contributed by atoms with Gasteiger partial charge in [0.05, 0.1) is 19.0 Å². The summed E-state index contributed by atoms with van der Waals surface area (Å²) in [6.07, 6.45) is -2.73. The Morgan fingerprint density at radius 3 is 2.30 bits per heavy atom. The first kappa shape index (κ1) is 17.3. The summed E-state index contributed by atoms with van der Waals surface area (Å²) in [5, 5.41) is 2.95. The van der Waals surface area contributed by atoms with Crippen molar-refractivity contribution in [3.63, 3.8) is 0 Å². The van der Waals surface area contributed by atoms with Crippen molar-refractivity contribution in [2.75, 3.05) is 6.61 Å². The van der Waals surface area contributed by atoms with Gasteiger partial charge >= 0.3 is 12.8 Å². The maximum atomic E-state index is 12.3. The molecule has 0 aliphatic carbocycles. The summed E-state index contributed by atoms with van der Waals surface area (Å²) < 4.78 is 47.8. The van der Waals surface area contributed by atoms with Gasteiger partial charge in [-0.1, -0.05) is 0 Å². The number of hydrogen-bond donors (Lipinski definition) is 1. The van der Waals surface area contributed by atoms with Crippen LogP contribution in [0.4, 0.5) is 13.2 Å². The molecule has 1 aromatic rings. The fourth-order valence-electron chi connectivity index (χ4n) is 1.22. The van der Waals surface area contributed by atoms with Gasteiger partial charge in [-0.2, -0.15) is 13.2 Å². The Balaban J connectivity index is 2.87. The lowest BCUT2D eigenvalue weighted by atomic mass is 10.4. The third-order valence-corrected chi connectivity index (χ3v) is 4.56. The van der Waals surface area contributed by atoms with E-state index in [4.69, 9.17) is 20.9 Å². The highest BCUT2D eigenvalue weighted by atomic mass is 32.5. The van der Waals surface area contributed by atoms with Crippen molar-refractivity contribution in [3.8, 4) is 5.75 Å². The number of nitrogens with zero attached hydrogens (tertiary/aromatic N) is 2. The maximum Gasteiger partial charge on any atom is 0.451 e.